The zero-order valence-electron chi connectivity index (χ0n) is 26.4. The van der Waals surface area contributed by atoms with E-state index in [9.17, 15) is 14.4 Å². The van der Waals surface area contributed by atoms with Crippen LogP contribution >= 0.6 is 11.3 Å². The number of nitrogens with one attached hydrogen (secondary N) is 1. The highest BCUT2D eigenvalue weighted by atomic mass is 32.1. The molecule has 1 aliphatic carbocycles. The molecule has 3 unspecified atom stereocenters. The third kappa shape index (κ3) is 11.8. The van der Waals surface area contributed by atoms with Crippen molar-refractivity contribution in [2.45, 2.75) is 77.9 Å². The minimum absolute atomic E-state index is 0.0534. The molecule has 2 aliphatic rings. The molecule has 3 N–H and O–H groups in total. The van der Waals surface area contributed by atoms with E-state index in [1.54, 1.807) is 25.6 Å². The zero-order chi connectivity index (χ0) is 31.8. The molecular weight excluding hydrogens is 564 g/mol. The number of hydrogen-bond donors (Lipinski definition) is 2. The van der Waals surface area contributed by atoms with E-state index in [1.165, 1.54) is 12.8 Å². The minimum atomic E-state index is -0.519. The number of nitrogens with two attached hydrogens (primary N) is 1. The second kappa shape index (κ2) is 18.5. The van der Waals surface area contributed by atoms with Gasteiger partial charge < -0.3 is 30.2 Å². The molecule has 2 heterocycles. The second-order valence-electron chi connectivity index (χ2n) is 11.6. The quantitative estimate of drug-likeness (QED) is 0.217. The first kappa shape index (κ1) is 36.1. The summed E-state index contributed by atoms with van der Waals surface area (Å²) < 4.78 is 9.86. The van der Waals surface area contributed by atoms with Crippen molar-refractivity contribution in [2.75, 3.05) is 34.0 Å². The molecule has 0 radical (unpaired) electrons. The topological polar surface area (TPSA) is 124 Å². The maximum atomic E-state index is 12.5. The number of likely N-dealkylation sites (tertiary alicyclic amines) is 1. The molecule has 10 heteroatoms. The predicted octanol–water partition coefficient (Wildman–Crippen LogP) is 4.54. The number of carbonyl (C=O) groups is 3. The average Bonchev–Trinajstić information content (AvgIpc) is 3.55. The van der Waals surface area contributed by atoms with Crippen molar-refractivity contribution in [3.63, 3.8) is 0 Å². The van der Waals surface area contributed by atoms with Gasteiger partial charge in [0.05, 0.1) is 34.8 Å². The summed E-state index contributed by atoms with van der Waals surface area (Å²) >= 11 is 1.60. The number of methoxy groups -OCH3 is 1. The Labute approximate surface area is 260 Å². The molecule has 236 valence electrons. The molecule has 43 heavy (non-hydrogen) atoms. The van der Waals surface area contributed by atoms with E-state index in [-0.39, 0.29) is 23.8 Å². The number of ether oxygens (including phenoxy) is 2. The van der Waals surface area contributed by atoms with Gasteiger partial charge >= 0.3 is 0 Å². The Hall–Kier alpha value is -3.10. The SMILES string of the molecule is CC1CCCN1C(=O)C(N)C(C)(C)COCC#CC1CC1.COC.Cc1ncsc1-c1ccc(C(CC=O)NC=O)cc1. The zero-order valence-corrected chi connectivity index (χ0v) is 27.2. The van der Waals surface area contributed by atoms with Gasteiger partial charge in [-0.3, -0.25) is 9.59 Å². The number of hydrogen-bond acceptors (Lipinski definition) is 8. The normalized spacial score (nSPS) is 17.2. The van der Waals surface area contributed by atoms with Gasteiger partial charge in [-0.15, -0.1) is 11.3 Å². The Bertz CT molecular complexity index is 1190. The van der Waals surface area contributed by atoms with Crippen molar-refractivity contribution < 1.29 is 23.9 Å². The molecule has 2 amide bonds. The van der Waals surface area contributed by atoms with Crippen molar-refractivity contribution in [3.05, 3.63) is 41.0 Å². The monoisotopic (exact) mass is 612 g/mol. The molecule has 2 aromatic rings. The fourth-order valence-corrected chi connectivity index (χ4v) is 5.38. The number of aromatic nitrogens is 1. The highest BCUT2D eigenvalue weighted by Gasteiger charge is 2.37. The summed E-state index contributed by atoms with van der Waals surface area (Å²) in [4.78, 5) is 40.9. The number of aldehydes is 1. The van der Waals surface area contributed by atoms with E-state index in [2.05, 4.69) is 33.8 Å². The standard InChI is InChI=1S/C17H28N2O2.C14H14N2O2S.C2H6O/c1-13-6-4-10-19(13)16(20)15(18)17(2,3)12-21-11-5-7-14-8-9-14;1-10-14(19-9-16-10)12-4-2-11(3-5-12)13(6-7-17)15-8-18;1-3-2/h13-15H,4,6,8-12,18H2,1-3H3;2-5,7-9,13H,6H2,1H3,(H,15,18);1-2H3. The number of carbonyl (C=O) groups excluding carboxylic acids is 3. The van der Waals surface area contributed by atoms with Crippen LogP contribution in [0.2, 0.25) is 0 Å². The first-order valence-corrected chi connectivity index (χ1v) is 15.6. The number of rotatable bonds is 11. The molecule has 0 bridgehead atoms. The lowest BCUT2D eigenvalue weighted by atomic mass is 9.85. The highest BCUT2D eigenvalue weighted by molar-refractivity contribution is 7.13. The number of benzene rings is 1. The van der Waals surface area contributed by atoms with Crippen LogP contribution in [0.3, 0.4) is 0 Å². The summed E-state index contributed by atoms with van der Waals surface area (Å²) in [5.74, 6) is 6.86. The predicted molar refractivity (Wildman–Crippen MR) is 171 cm³/mol. The van der Waals surface area contributed by atoms with Gasteiger partial charge in [0, 0.05) is 44.6 Å². The summed E-state index contributed by atoms with van der Waals surface area (Å²) in [6.45, 7) is 9.77. The molecule has 1 saturated carbocycles. The Kier molecular flexibility index (Phi) is 15.6. The molecule has 4 rings (SSSR count). The van der Waals surface area contributed by atoms with E-state index in [0.29, 0.717) is 31.6 Å². The van der Waals surface area contributed by atoms with Crippen LogP contribution in [0, 0.1) is 30.1 Å². The molecule has 1 aliphatic heterocycles. The molecule has 0 spiro atoms. The maximum Gasteiger partial charge on any atom is 0.240 e. The molecule has 1 saturated heterocycles. The Morgan fingerprint density at radius 3 is 2.42 bits per heavy atom. The van der Waals surface area contributed by atoms with Crippen molar-refractivity contribution >= 4 is 29.9 Å². The number of aryl methyl sites for hydroxylation is 1. The first-order chi connectivity index (χ1) is 20.6. The number of thiazole rings is 1. The fourth-order valence-electron chi connectivity index (χ4n) is 4.57. The van der Waals surface area contributed by atoms with Crippen LogP contribution in [0.5, 0.6) is 0 Å². The van der Waals surface area contributed by atoms with Gasteiger partial charge in [-0.2, -0.15) is 0 Å². The van der Waals surface area contributed by atoms with E-state index in [0.717, 1.165) is 47.4 Å². The number of nitrogens with zero attached hydrogens (tertiary/aromatic N) is 2. The third-order valence-corrected chi connectivity index (χ3v) is 8.38. The smallest absolute Gasteiger partial charge is 0.240 e. The largest absolute Gasteiger partial charge is 0.388 e. The van der Waals surface area contributed by atoms with Crippen molar-refractivity contribution in [2.24, 2.45) is 17.1 Å². The lowest BCUT2D eigenvalue weighted by Crippen LogP contribution is -2.53. The molecule has 9 nitrogen and oxygen atoms in total. The van der Waals surface area contributed by atoms with Crippen LogP contribution < -0.4 is 11.1 Å². The molecular formula is C33H48N4O5S. The molecule has 1 aromatic carbocycles. The van der Waals surface area contributed by atoms with Crippen molar-refractivity contribution in [3.8, 4) is 22.3 Å². The average molecular weight is 613 g/mol. The van der Waals surface area contributed by atoms with Crippen LogP contribution in [0.1, 0.15) is 70.2 Å². The van der Waals surface area contributed by atoms with Gasteiger partial charge in [-0.1, -0.05) is 50.0 Å². The Morgan fingerprint density at radius 1 is 1.23 bits per heavy atom. The van der Waals surface area contributed by atoms with E-state index < -0.39 is 6.04 Å². The summed E-state index contributed by atoms with van der Waals surface area (Å²) in [6.07, 6.45) is 6.31. The Morgan fingerprint density at radius 2 is 1.91 bits per heavy atom. The van der Waals surface area contributed by atoms with Gasteiger partial charge in [0.1, 0.15) is 12.9 Å². The summed E-state index contributed by atoms with van der Waals surface area (Å²) in [5, 5.41) is 2.64. The highest BCUT2D eigenvalue weighted by Crippen LogP contribution is 2.29. The summed E-state index contributed by atoms with van der Waals surface area (Å²) in [7, 11) is 3.25. The van der Waals surface area contributed by atoms with Gasteiger partial charge in [0.25, 0.3) is 0 Å². The minimum Gasteiger partial charge on any atom is -0.388 e. The van der Waals surface area contributed by atoms with Gasteiger partial charge in [-0.05, 0) is 50.7 Å². The lowest BCUT2D eigenvalue weighted by molar-refractivity contribution is -0.136. The van der Waals surface area contributed by atoms with Gasteiger partial charge in [0.2, 0.25) is 12.3 Å². The van der Waals surface area contributed by atoms with Gasteiger partial charge in [0.15, 0.2) is 0 Å². The van der Waals surface area contributed by atoms with E-state index in [4.69, 9.17) is 10.5 Å². The van der Waals surface area contributed by atoms with E-state index in [1.807, 2.05) is 55.4 Å². The van der Waals surface area contributed by atoms with E-state index >= 15 is 0 Å². The third-order valence-electron chi connectivity index (χ3n) is 7.40. The summed E-state index contributed by atoms with van der Waals surface area (Å²) in [6, 6.07) is 7.37. The lowest BCUT2D eigenvalue weighted by Gasteiger charge is -2.34. The number of amides is 2. The molecule has 1 aromatic heterocycles. The molecule has 2 fully saturated rings. The van der Waals surface area contributed by atoms with Crippen LogP contribution in [0.25, 0.3) is 10.4 Å². The fraction of sp³-hybridized carbons (Fsp3) is 0.576. The van der Waals surface area contributed by atoms with Crippen LogP contribution in [-0.4, -0.2) is 74.5 Å². The van der Waals surface area contributed by atoms with Crippen LogP contribution in [0.4, 0.5) is 0 Å². The maximum absolute atomic E-state index is 12.5. The Balaban J connectivity index is 0.000000276. The summed E-state index contributed by atoms with van der Waals surface area (Å²) in [5.41, 5.74) is 10.7. The first-order valence-electron chi connectivity index (χ1n) is 14.8. The molecule has 3 atom stereocenters. The van der Waals surface area contributed by atoms with Crippen molar-refractivity contribution in [1.82, 2.24) is 15.2 Å². The van der Waals surface area contributed by atoms with Gasteiger partial charge in [-0.25, -0.2) is 4.98 Å². The second-order valence-corrected chi connectivity index (χ2v) is 12.5. The van der Waals surface area contributed by atoms with Crippen molar-refractivity contribution in [1.29, 1.82) is 0 Å². The van der Waals surface area contributed by atoms with Crippen LogP contribution in [-0.2, 0) is 23.9 Å². The van der Waals surface area contributed by atoms with Crippen LogP contribution in [0.15, 0.2) is 29.8 Å².